The maximum Gasteiger partial charge on any atom is 0.343 e. The molecule has 8 heteroatoms. The second-order valence-corrected chi connectivity index (χ2v) is 7.13. The second kappa shape index (κ2) is 9.23. The molecule has 0 unspecified atom stereocenters. The summed E-state index contributed by atoms with van der Waals surface area (Å²) in [6, 6.07) is 13.5. The molecule has 0 aliphatic heterocycles. The first-order valence-electron chi connectivity index (χ1n) is 9.43. The molecule has 3 aromatic heterocycles. The van der Waals surface area contributed by atoms with Crippen LogP contribution in [-0.4, -0.2) is 32.5 Å². The van der Waals surface area contributed by atoms with Gasteiger partial charge in [0.05, 0.1) is 18.8 Å². The Hall–Kier alpha value is -3.65. The number of aromatic nitrogens is 4. The molecule has 0 saturated carbocycles. The lowest BCUT2D eigenvalue weighted by atomic mass is 10.2. The van der Waals surface area contributed by atoms with Crippen molar-refractivity contribution in [1.29, 1.82) is 0 Å². The molecule has 1 aromatic carbocycles. The van der Waals surface area contributed by atoms with E-state index in [2.05, 4.69) is 25.3 Å². The fraction of sp³-hybridized carbons (Fsp3) is 0.136. The molecule has 150 valence electrons. The summed E-state index contributed by atoms with van der Waals surface area (Å²) in [7, 11) is 0. The number of carbonyl (C=O) groups excluding carboxylic acids is 1. The molecule has 0 aliphatic carbocycles. The minimum atomic E-state index is -0.463. The van der Waals surface area contributed by atoms with Crippen LogP contribution in [0.15, 0.2) is 66.4 Å². The molecule has 30 heavy (non-hydrogen) atoms. The van der Waals surface area contributed by atoms with E-state index < -0.39 is 5.97 Å². The van der Waals surface area contributed by atoms with E-state index in [0.717, 1.165) is 21.8 Å². The zero-order valence-electron chi connectivity index (χ0n) is 16.3. The molecule has 0 saturated heterocycles. The number of rotatable bonds is 7. The molecule has 0 fully saturated rings. The number of hydrogen-bond acceptors (Lipinski definition) is 8. The molecular weight excluding hydrogens is 398 g/mol. The molecule has 0 amide bonds. The average molecular weight is 417 g/mol. The van der Waals surface area contributed by atoms with E-state index >= 15 is 0 Å². The van der Waals surface area contributed by atoms with Gasteiger partial charge in [0, 0.05) is 35.1 Å². The van der Waals surface area contributed by atoms with Crippen LogP contribution in [0.3, 0.4) is 0 Å². The minimum Gasteiger partial charge on any atom is -0.462 e. The molecule has 0 atom stereocenters. The predicted molar refractivity (Wildman–Crippen MR) is 116 cm³/mol. The molecule has 0 radical (unpaired) electrons. The van der Waals surface area contributed by atoms with Crippen molar-refractivity contribution in [2.45, 2.75) is 13.5 Å². The highest BCUT2D eigenvalue weighted by atomic mass is 32.1. The molecule has 3 heterocycles. The summed E-state index contributed by atoms with van der Waals surface area (Å²) in [5, 5.41) is 6.11. The number of nitrogens with zero attached hydrogens (tertiary/aromatic N) is 4. The van der Waals surface area contributed by atoms with Crippen LogP contribution in [0.5, 0.6) is 0 Å². The quantitative estimate of drug-likeness (QED) is 0.444. The first kappa shape index (κ1) is 19.7. The lowest BCUT2D eigenvalue weighted by Crippen LogP contribution is -2.13. The van der Waals surface area contributed by atoms with Crippen molar-refractivity contribution in [3.05, 3.63) is 77.7 Å². The van der Waals surface area contributed by atoms with E-state index in [1.54, 1.807) is 30.7 Å². The van der Waals surface area contributed by atoms with Crippen molar-refractivity contribution in [1.82, 2.24) is 19.9 Å². The number of benzene rings is 1. The summed E-state index contributed by atoms with van der Waals surface area (Å²) in [6.07, 6.45) is 4.98. The number of pyridine rings is 1. The summed E-state index contributed by atoms with van der Waals surface area (Å²) in [6.45, 7) is 2.46. The van der Waals surface area contributed by atoms with Gasteiger partial charge in [-0.1, -0.05) is 30.3 Å². The second-order valence-electron chi connectivity index (χ2n) is 6.28. The summed E-state index contributed by atoms with van der Waals surface area (Å²) in [5.41, 5.74) is 3.02. The number of esters is 1. The minimum absolute atomic E-state index is 0.278. The number of carbonyl (C=O) groups is 1. The van der Waals surface area contributed by atoms with Gasteiger partial charge in [0.1, 0.15) is 16.4 Å². The summed E-state index contributed by atoms with van der Waals surface area (Å²) in [5.74, 6) is 0.484. The zero-order chi connectivity index (χ0) is 20.8. The standard InChI is InChI=1S/C22H19N5O2S/c1-2-29-22(28)18-13-25-19(15-6-4-3-5-7-15)27-20(18)24-12-17-14-30-21(26-17)16-8-10-23-11-9-16/h3-11,13-14H,2,12H2,1H3,(H,24,25,27). The number of thiazole rings is 1. The summed E-state index contributed by atoms with van der Waals surface area (Å²) in [4.78, 5) is 30.0. The Kier molecular flexibility index (Phi) is 6.05. The molecule has 7 nitrogen and oxygen atoms in total. The SMILES string of the molecule is CCOC(=O)c1cnc(-c2ccccc2)nc1NCc1csc(-c2ccncc2)n1. The molecule has 0 bridgehead atoms. The topological polar surface area (TPSA) is 89.9 Å². The van der Waals surface area contributed by atoms with Crippen molar-refractivity contribution in [3.63, 3.8) is 0 Å². The van der Waals surface area contributed by atoms with Crippen LogP contribution in [0.2, 0.25) is 0 Å². The van der Waals surface area contributed by atoms with Gasteiger partial charge in [-0.15, -0.1) is 11.3 Å². The van der Waals surface area contributed by atoms with Crippen molar-refractivity contribution in [3.8, 4) is 22.0 Å². The molecule has 1 N–H and O–H groups in total. The van der Waals surface area contributed by atoms with Crippen LogP contribution in [0, 0.1) is 0 Å². The molecular formula is C22H19N5O2S. The Morgan fingerprint density at radius 1 is 1.07 bits per heavy atom. The maximum absolute atomic E-state index is 12.4. The molecule has 0 spiro atoms. The Balaban J connectivity index is 1.58. The highest BCUT2D eigenvalue weighted by Gasteiger charge is 2.17. The van der Waals surface area contributed by atoms with Crippen molar-refractivity contribution < 1.29 is 9.53 Å². The van der Waals surface area contributed by atoms with Crippen LogP contribution in [-0.2, 0) is 11.3 Å². The fourth-order valence-electron chi connectivity index (χ4n) is 2.79. The Morgan fingerprint density at radius 2 is 1.87 bits per heavy atom. The van der Waals surface area contributed by atoms with Crippen molar-refractivity contribution in [2.24, 2.45) is 0 Å². The zero-order valence-corrected chi connectivity index (χ0v) is 17.1. The van der Waals surface area contributed by atoms with Crippen molar-refractivity contribution >= 4 is 23.1 Å². The van der Waals surface area contributed by atoms with E-state index in [9.17, 15) is 4.79 Å². The van der Waals surface area contributed by atoms with Gasteiger partial charge in [-0.2, -0.15) is 0 Å². The number of ether oxygens (including phenoxy) is 1. The van der Waals surface area contributed by atoms with E-state index in [-0.39, 0.29) is 6.61 Å². The first-order chi connectivity index (χ1) is 14.7. The predicted octanol–water partition coefficient (Wildman–Crippen LogP) is 4.45. The third-order valence-corrected chi connectivity index (χ3v) is 5.17. The highest BCUT2D eigenvalue weighted by molar-refractivity contribution is 7.13. The van der Waals surface area contributed by atoms with E-state index in [1.807, 2.05) is 47.8 Å². The Labute approximate surface area is 177 Å². The lowest BCUT2D eigenvalue weighted by Gasteiger charge is -2.11. The van der Waals surface area contributed by atoms with Gasteiger partial charge >= 0.3 is 5.97 Å². The summed E-state index contributed by atoms with van der Waals surface area (Å²) >= 11 is 1.55. The first-order valence-corrected chi connectivity index (χ1v) is 10.3. The van der Waals surface area contributed by atoms with Gasteiger partial charge in [0.15, 0.2) is 5.82 Å². The van der Waals surface area contributed by atoms with E-state index in [4.69, 9.17) is 4.74 Å². The van der Waals surface area contributed by atoms with Crippen LogP contribution in [0.4, 0.5) is 5.82 Å². The normalized spacial score (nSPS) is 10.6. The van der Waals surface area contributed by atoms with Crippen LogP contribution < -0.4 is 5.32 Å². The van der Waals surface area contributed by atoms with Crippen molar-refractivity contribution in [2.75, 3.05) is 11.9 Å². The van der Waals surface area contributed by atoms with Gasteiger partial charge in [-0.3, -0.25) is 4.98 Å². The van der Waals surface area contributed by atoms with Gasteiger partial charge in [-0.05, 0) is 19.1 Å². The molecule has 4 aromatic rings. The van der Waals surface area contributed by atoms with E-state index in [1.165, 1.54) is 6.20 Å². The lowest BCUT2D eigenvalue weighted by molar-refractivity contribution is 0.0526. The molecule has 4 rings (SSSR count). The fourth-order valence-corrected chi connectivity index (χ4v) is 3.62. The number of hydrogen-bond donors (Lipinski definition) is 1. The Morgan fingerprint density at radius 3 is 2.63 bits per heavy atom. The highest BCUT2D eigenvalue weighted by Crippen LogP contribution is 2.24. The largest absolute Gasteiger partial charge is 0.462 e. The monoisotopic (exact) mass is 417 g/mol. The van der Waals surface area contributed by atoms with Crippen LogP contribution in [0.1, 0.15) is 23.0 Å². The number of anilines is 1. The number of nitrogens with one attached hydrogen (secondary N) is 1. The van der Waals surface area contributed by atoms with Crippen LogP contribution >= 0.6 is 11.3 Å². The van der Waals surface area contributed by atoms with Gasteiger partial charge in [-0.25, -0.2) is 19.7 Å². The average Bonchev–Trinajstić information content (AvgIpc) is 3.28. The van der Waals surface area contributed by atoms with Gasteiger partial charge in [0.2, 0.25) is 0 Å². The van der Waals surface area contributed by atoms with Gasteiger partial charge in [0.25, 0.3) is 0 Å². The third kappa shape index (κ3) is 4.49. The van der Waals surface area contributed by atoms with Crippen LogP contribution in [0.25, 0.3) is 22.0 Å². The maximum atomic E-state index is 12.4. The third-order valence-electron chi connectivity index (χ3n) is 4.23. The van der Waals surface area contributed by atoms with E-state index in [0.29, 0.717) is 23.8 Å². The molecule has 0 aliphatic rings. The Bertz CT molecular complexity index is 1130. The summed E-state index contributed by atoms with van der Waals surface area (Å²) < 4.78 is 5.15. The smallest absolute Gasteiger partial charge is 0.343 e. The van der Waals surface area contributed by atoms with Gasteiger partial charge < -0.3 is 10.1 Å².